The maximum atomic E-state index is 5.47. The zero-order valence-corrected chi connectivity index (χ0v) is 70.6. The maximum Gasteiger partial charge on any atom is 0.164 e. The lowest BCUT2D eigenvalue weighted by Gasteiger charge is -2.40. The Kier molecular flexibility index (Phi) is 17.8. The first-order valence-corrected chi connectivity index (χ1v) is 44.9. The Balaban J connectivity index is 0.000000139. The molecule has 8 nitrogen and oxygen atoms in total. The van der Waals surface area contributed by atoms with Crippen LogP contribution in [0.5, 0.6) is 0 Å². The first-order chi connectivity index (χ1) is 63.4. The summed E-state index contributed by atoms with van der Waals surface area (Å²) in [5.74, 6) is 3.70. The molecule has 6 heterocycles. The van der Waals surface area contributed by atoms with Gasteiger partial charge in [0.15, 0.2) is 34.9 Å². The van der Waals surface area contributed by atoms with Gasteiger partial charge in [-0.15, -0.1) is 0 Å². The number of hydrogen-bond donors (Lipinski definition) is 0. The van der Waals surface area contributed by atoms with Gasteiger partial charge in [0.05, 0.1) is 33.3 Å². The molecule has 18 aromatic carbocycles. The first kappa shape index (κ1) is 74.6. The molecule has 0 saturated carbocycles. The third-order valence-electron chi connectivity index (χ3n) is 25.9. The Labute approximate surface area is 748 Å². The molecule has 4 aromatic heterocycles. The molecular weight excluding hydrogens is 1590 g/mol. The molecule has 4 aliphatic rings. The van der Waals surface area contributed by atoms with E-state index in [0.29, 0.717) is 34.9 Å². The zero-order valence-electron chi connectivity index (χ0n) is 69.0. The molecule has 2 aliphatic carbocycles. The smallest absolute Gasteiger partial charge is 0.164 e. The molecule has 0 fully saturated rings. The third kappa shape index (κ3) is 12.2. The number of aromatic nitrogens is 8. The van der Waals surface area contributed by atoms with Gasteiger partial charge in [0, 0.05) is 85.6 Å². The first-order valence-electron chi connectivity index (χ1n) is 43.3. The zero-order chi connectivity index (χ0) is 84.4. The summed E-state index contributed by atoms with van der Waals surface area (Å²) in [7, 11) is 0. The fourth-order valence-electron chi connectivity index (χ4n) is 20.3. The van der Waals surface area contributed by atoms with Crippen molar-refractivity contribution in [1.82, 2.24) is 39.9 Å². The normalized spacial score (nSPS) is 13.1. The fourth-order valence-corrected chi connectivity index (χ4v) is 22.7. The van der Waals surface area contributed by atoms with Crippen molar-refractivity contribution in [2.45, 2.75) is 30.4 Å². The Morgan fingerprint density at radius 3 is 0.805 bits per heavy atom. The standard InChI is InChI=1S/2C59H36N4S/c1-3-17-37(18-4-1)39-21-15-23-41(33-39)57-61-56(38-19-5-2-6-20-38)62-58(63-57)42-24-16-22-40(34-42)55-47-36-54-51(35-46(47)45-27-9-13-31-52(45)60-55)59(50-30-12-14-32-53(50)64-54)48-28-10-7-25-43(48)44-26-8-11-29-49(44)59;1-3-16-37(17-4-1)38-30-32-40(33-31-38)57-61-56(39-18-5-2-6-19-39)62-58(63-57)42-21-15-20-41(34-42)55-47-36-54-51(35-46(47)45-24-9-13-28-52(45)60-55)59(50-27-12-14-29-53(50)64-54)48-25-10-7-22-43(48)44-23-8-11-26-49(44)59/h2*1-36H. The number of fused-ring (bicyclic) bond motifs is 24. The van der Waals surface area contributed by atoms with Crippen molar-refractivity contribution >= 4 is 66.9 Å². The number of para-hydroxylation sites is 2. The van der Waals surface area contributed by atoms with Gasteiger partial charge in [0.25, 0.3) is 0 Å². The molecule has 26 rings (SSSR count). The topological polar surface area (TPSA) is 103 Å². The van der Waals surface area contributed by atoms with E-state index in [0.717, 1.165) is 105 Å². The van der Waals surface area contributed by atoms with Crippen LogP contribution in [0.4, 0.5) is 0 Å². The molecule has 0 bridgehead atoms. The fraction of sp³-hybridized carbons (Fsp3) is 0.0169. The van der Waals surface area contributed by atoms with Gasteiger partial charge < -0.3 is 0 Å². The van der Waals surface area contributed by atoms with Crippen LogP contribution in [0.15, 0.2) is 456 Å². The van der Waals surface area contributed by atoms with E-state index in [1.165, 1.54) is 103 Å². The SMILES string of the molecule is c1ccc(-c2ccc(-c3nc(-c4ccccc4)nc(-c4cccc(-c5nc6ccccc6c6cc7c(cc56)Sc5ccccc5C75c6ccccc6-c6ccccc65)c4)n3)cc2)cc1.c1ccc(-c2cccc(-c3nc(-c4ccccc4)nc(-c4cccc(-c5nc6ccccc6c6cc7c(cc56)Sc5ccccc5C75c6ccccc6-c6ccccc65)c4)n3)c2)cc1. The molecule has 0 unspecified atom stereocenters. The second-order valence-corrected chi connectivity index (χ2v) is 35.2. The van der Waals surface area contributed by atoms with Crippen LogP contribution in [-0.2, 0) is 10.8 Å². The lowest BCUT2D eigenvalue weighted by molar-refractivity contribution is 0.724. The van der Waals surface area contributed by atoms with Crippen LogP contribution in [0.25, 0.3) is 179 Å². The van der Waals surface area contributed by atoms with Crippen LogP contribution in [0, 0.1) is 0 Å². The summed E-state index contributed by atoms with van der Waals surface area (Å²) in [6.07, 6.45) is 0. The predicted octanol–water partition coefficient (Wildman–Crippen LogP) is 29.5. The molecule has 0 amide bonds. The summed E-state index contributed by atoms with van der Waals surface area (Å²) >= 11 is 3.72. The second-order valence-electron chi connectivity index (χ2n) is 33.0. The van der Waals surface area contributed by atoms with E-state index in [9.17, 15) is 0 Å². The summed E-state index contributed by atoms with van der Waals surface area (Å²) in [4.78, 5) is 46.7. The Morgan fingerprint density at radius 1 is 0.148 bits per heavy atom. The van der Waals surface area contributed by atoms with Crippen molar-refractivity contribution < 1.29 is 0 Å². The number of hydrogen-bond acceptors (Lipinski definition) is 10. The number of pyridine rings is 2. The molecule has 2 aliphatic heterocycles. The van der Waals surface area contributed by atoms with Gasteiger partial charge in [-0.1, -0.05) is 394 Å². The molecule has 128 heavy (non-hydrogen) atoms. The van der Waals surface area contributed by atoms with Crippen molar-refractivity contribution in [3.8, 4) is 135 Å². The van der Waals surface area contributed by atoms with Crippen molar-refractivity contribution in [2.75, 3.05) is 0 Å². The van der Waals surface area contributed by atoms with E-state index < -0.39 is 10.8 Å². The highest BCUT2D eigenvalue weighted by molar-refractivity contribution is 7.99. The highest BCUT2D eigenvalue weighted by Crippen LogP contribution is 2.65. The largest absolute Gasteiger partial charge is 0.247 e. The monoisotopic (exact) mass is 1660 g/mol. The lowest BCUT2D eigenvalue weighted by atomic mass is 9.67. The molecular formula is C118H72N8S2. The number of benzene rings is 18. The molecule has 0 atom stereocenters. The third-order valence-corrected chi connectivity index (χ3v) is 28.2. The number of rotatable bonds is 10. The average molecular weight is 1670 g/mol. The Morgan fingerprint density at radius 2 is 0.414 bits per heavy atom. The van der Waals surface area contributed by atoms with Gasteiger partial charge in [-0.25, -0.2) is 39.9 Å². The highest BCUT2D eigenvalue weighted by Gasteiger charge is 2.52. The molecule has 596 valence electrons. The van der Waals surface area contributed by atoms with Gasteiger partial charge in [0.1, 0.15) is 0 Å². The molecule has 0 radical (unpaired) electrons. The van der Waals surface area contributed by atoms with Gasteiger partial charge in [-0.2, -0.15) is 0 Å². The Bertz CT molecular complexity index is 8180. The summed E-state index contributed by atoms with van der Waals surface area (Å²) in [6.45, 7) is 0. The van der Waals surface area contributed by atoms with E-state index >= 15 is 0 Å². The van der Waals surface area contributed by atoms with Crippen molar-refractivity contribution in [3.05, 3.63) is 481 Å². The molecule has 0 saturated heterocycles. The van der Waals surface area contributed by atoms with Gasteiger partial charge in [-0.05, 0) is 167 Å². The van der Waals surface area contributed by atoms with E-state index in [1.54, 1.807) is 0 Å². The molecule has 10 heteroatoms. The van der Waals surface area contributed by atoms with Crippen LogP contribution in [0.2, 0.25) is 0 Å². The van der Waals surface area contributed by atoms with E-state index in [1.807, 2.05) is 84.2 Å². The highest BCUT2D eigenvalue weighted by atomic mass is 32.2. The minimum atomic E-state index is -0.476. The summed E-state index contributed by atoms with van der Waals surface area (Å²) in [5, 5.41) is 6.83. The minimum Gasteiger partial charge on any atom is -0.247 e. The van der Waals surface area contributed by atoms with Gasteiger partial charge in [-0.3, -0.25) is 0 Å². The Hall–Kier alpha value is -16.0. The summed E-state index contributed by atoms with van der Waals surface area (Å²) < 4.78 is 0. The van der Waals surface area contributed by atoms with E-state index in [-0.39, 0.29) is 0 Å². The van der Waals surface area contributed by atoms with Gasteiger partial charge in [0.2, 0.25) is 0 Å². The summed E-state index contributed by atoms with van der Waals surface area (Å²) in [5.41, 5.74) is 30.6. The van der Waals surface area contributed by atoms with E-state index in [4.69, 9.17) is 39.9 Å². The lowest BCUT2D eigenvalue weighted by Crippen LogP contribution is -2.32. The van der Waals surface area contributed by atoms with Crippen LogP contribution >= 0.6 is 23.5 Å². The average Bonchev–Trinajstić information content (AvgIpc) is 1.50. The summed E-state index contributed by atoms with van der Waals surface area (Å²) in [6, 6.07) is 156. The maximum absolute atomic E-state index is 5.47. The second kappa shape index (κ2) is 30.5. The quantitative estimate of drug-likeness (QED) is 0.123. The van der Waals surface area contributed by atoms with Crippen LogP contribution in [0.3, 0.4) is 0 Å². The van der Waals surface area contributed by atoms with Crippen molar-refractivity contribution in [3.63, 3.8) is 0 Å². The van der Waals surface area contributed by atoms with Crippen LogP contribution < -0.4 is 0 Å². The molecule has 22 aromatic rings. The van der Waals surface area contributed by atoms with Crippen molar-refractivity contribution in [2.24, 2.45) is 0 Å². The van der Waals surface area contributed by atoms with Crippen molar-refractivity contribution in [1.29, 1.82) is 0 Å². The van der Waals surface area contributed by atoms with E-state index in [2.05, 4.69) is 376 Å². The van der Waals surface area contributed by atoms with Crippen LogP contribution in [-0.4, -0.2) is 39.9 Å². The predicted molar refractivity (Wildman–Crippen MR) is 522 cm³/mol. The van der Waals surface area contributed by atoms with Crippen LogP contribution in [0.1, 0.15) is 44.5 Å². The minimum absolute atomic E-state index is 0.474. The van der Waals surface area contributed by atoms with Gasteiger partial charge >= 0.3 is 0 Å². The molecule has 0 N–H and O–H groups in total. The number of nitrogens with zero attached hydrogens (tertiary/aromatic N) is 8. The molecule has 2 spiro atoms.